The zero-order chi connectivity index (χ0) is 16.4. The van der Waals surface area contributed by atoms with Gasteiger partial charge >= 0.3 is 6.18 Å². The summed E-state index contributed by atoms with van der Waals surface area (Å²) < 4.78 is 39.3. The maximum absolute atomic E-state index is 12.6. The van der Waals surface area contributed by atoms with E-state index in [2.05, 4.69) is 10.3 Å². The number of rotatable bonds is 3. The molecule has 0 amide bonds. The van der Waals surface area contributed by atoms with Crippen LogP contribution in [0.15, 0.2) is 54.7 Å². The molecule has 3 aromatic rings. The summed E-state index contributed by atoms with van der Waals surface area (Å²) in [6, 6.07) is 12.2. The first kappa shape index (κ1) is 15.6. The summed E-state index contributed by atoms with van der Waals surface area (Å²) in [5.74, 6) is 0. The standard InChI is InChI=1S/C16H11ClF3N3/c17-14-7-1-11(2-8-14)9-23-10-15(21-22-23)12-3-5-13(6-4-12)16(18,19)20/h1-8,10H,9H2. The lowest BCUT2D eigenvalue weighted by atomic mass is 10.1. The summed E-state index contributed by atoms with van der Waals surface area (Å²) in [7, 11) is 0. The molecule has 3 nitrogen and oxygen atoms in total. The van der Waals surface area contributed by atoms with Gasteiger partial charge in [-0.05, 0) is 29.8 Å². The van der Waals surface area contributed by atoms with Crippen LogP contribution in [0.3, 0.4) is 0 Å². The zero-order valence-corrected chi connectivity index (χ0v) is 12.5. The van der Waals surface area contributed by atoms with Gasteiger partial charge in [-0.1, -0.05) is 41.1 Å². The number of halogens is 4. The molecule has 7 heteroatoms. The van der Waals surface area contributed by atoms with Crippen molar-refractivity contribution in [2.75, 3.05) is 0 Å². The Morgan fingerprint density at radius 2 is 1.61 bits per heavy atom. The van der Waals surface area contributed by atoms with Crippen LogP contribution in [0.25, 0.3) is 11.3 Å². The molecular weight excluding hydrogens is 327 g/mol. The van der Waals surface area contributed by atoms with Crippen molar-refractivity contribution in [3.63, 3.8) is 0 Å². The molecular formula is C16H11ClF3N3. The number of aromatic nitrogens is 3. The van der Waals surface area contributed by atoms with Crippen molar-refractivity contribution in [1.29, 1.82) is 0 Å². The molecule has 2 aromatic carbocycles. The summed E-state index contributed by atoms with van der Waals surface area (Å²) in [6.45, 7) is 0.505. The van der Waals surface area contributed by atoms with Crippen molar-refractivity contribution in [2.24, 2.45) is 0 Å². The van der Waals surface area contributed by atoms with Gasteiger partial charge in [-0.2, -0.15) is 13.2 Å². The number of hydrogen-bond acceptors (Lipinski definition) is 2. The maximum atomic E-state index is 12.6. The molecule has 0 radical (unpaired) electrons. The molecule has 0 aliphatic heterocycles. The monoisotopic (exact) mass is 337 g/mol. The second-order valence-corrected chi connectivity index (χ2v) is 5.44. The fraction of sp³-hybridized carbons (Fsp3) is 0.125. The Hall–Kier alpha value is -2.34. The van der Waals surface area contributed by atoms with Gasteiger partial charge in [0.05, 0.1) is 18.3 Å². The van der Waals surface area contributed by atoms with Crippen LogP contribution in [0.1, 0.15) is 11.1 Å². The van der Waals surface area contributed by atoms with E-state index < -0.39 is 11.7 Å². The van der Waals surface area contributed by atoms with E-state index in [1.165, 1.54) is 12.1 Å². The first-order valence-corrected chi connectivity index (χ1v) is 7.12. The minimum atomic E-state index is -4.34. The highest BCUT2D eigenvalue weighted by Gasteiger charge is 2.30. The van der Waals surface area contributed by atoms with Gasteiger partial charge in [-0.3, -0.25) is 0 Å². The van der Waals surface area contributed by atoms with Crippen molar-refractivity contribution in [2.45, 2.75) is 12.7 Å². The van der Waals surface area contributed by atoms with Gasteiger partial charge in [0, 0.05) is 10.6 Å². The normalized spacial score (nSPS) is 11.7. The second kappa shape index (κ2) is 6.04. The first-order valence-electron chi connectivity index (χ1n) is 6.74. The molecule has 0 aliphatic carbocycles. The van der Waals surface area contributed by atoms with E-state index in [1.54, 1.807) is 23.0 Å². The van der Waals surface area contributed by atoms with Crippen molar-refractivity contribution >= 4 is 11.6 Å². The first-order chi connectivity index (χ1) is 10.9. The lowest BCUT2D eigenvalue weighted by Crippen LogP contribution is -2.03. The molecule has 0 spiro atoms. The molecule has 0 N–H and O–H groups in total. The molecule has 0 saturated heterocycles. The van der Waals surface area contributed by atoms with Crippen LogP contribution in [0.5, 0.6) is 0 Å². The molecule has 0 fully saturated rings. The largest absolute Gasteiger partial charge is 0.416 e. The Labute approximate surface area is 135 Å². The molecule has 0 unspecified atom stereocenters. The van der Waals surface area contributed by atoms with Gasteiger partial charge in [0.2, 0.25) is 0 Å². The predicted octanol–water partition coefficient (Wildman–Crippen LogP) is 4.67. The van der Waals surface area contributed by atoms with Crippen LogP contribution in [-0.2, 0) is 12.7 Å². The van der Waals surface area contributed by atoms with Crippen LogP contribution in [0.2, 0.25) is 5.02 Å². The molecule has 0 saturated carbocycles. The number of benzene rings is 2. The molecule has 3 rings (SSSR count). The van der Waals surface area contributed by atoms with Crippen LogP contribution in [-0.4, -0.2) is 15.0 Å². The van der Waals surface area contributed by atoms with E-state index in [4.69, 9.17) is 11.6 Å². The molecule has 1 heterocycles. The van der Waals surface area contributed by atoms with Crippen molar-refractivity contribution in [3.8, 4) is 11.3 Å². The third-order valence-electron chi connectivity index (χ3n) is 3.30. The van der Waals surface area contributed by atoms with Gasteiger partial charge in [-0.25, -0.2) is 4.68 Å². The molecule has 0 aliphatic rings. The highest BCUT2D eigenvalue weighted by molar-refractivity contribution is 6.30. The average molecular weight is 338 g/mol. The van der Waals surface area contributed by atoms with Crippen molar-refractivity contribution in [3.05, 3.63) is 70.9 Å². The van der Waals surface area contributed by atoms with Gasteiger partial charge in [-0.15, -0.1) is 5.10 Å². The maximum Gasteiger partial charge on any atom is 0.416 e. The summed E-state index contributed by atoms with van der Waals surface area (Å²) >= 11 is 5.83. The summed E-state index contributed by atoms with van der Waals surface area (Å²) in [6.07, 6.45) is -2.65. The van der Waals surface area contributed by atoms with Gasteiger partial charge in [0.1, 0.15) is 5.69 Å². The average Bonchev–Trinajstić information content (AvgIpc) is 2.97. The van der Waals surface area contributed by atoms with E-state index in [0.717, 1.165) is 17.7 Å². The van der Waals surface area contributed by atoms with E-state index in [1.807, 2.05) is 12.1 Å². The Balaban J connectivity index is 1.77. The second-order valence-electron chi connectivity index (χ2n) is 5.00. The van der Waals surface area contributed by atoms with E-state index >= 15 is 0 Å². The minimum Gasteiger partial charge on any atom is -0.247 e. The highest BCUT2D eigenvalue weighted by Crippen LogP contribution is 2.30. The smallest absolute Gasteiger partial charge is 0.247 e. The van der Waals surface area contributed by atoms with Crippen LogP contribution >= 0.6 is 11.6 Å². The van der Waals surface area contributed by atoms with Crippen molar-refractivity contribution < 1.29 is 13.2 Å². The Morgan fingerprint density at radius 3 is 2.22 bits per heavy atom. The molecule has 0 atom stereocenters. The summed E-state index contributed by atoms with van der Waals surface area (Å²) in [5, 5.41) is 8.64. The molecule has 1 aromatic heterocycles. The number of hydrogen-bond donors (Lipinski definition) is 0. The Bertz CT molecular complexity index is 793. The third kappa shape index (κ3) is 3.71. The summed E-state index contributed by atoms with van der Waals surface area (Å²) in [4.78, 5) is 0. The van der Waals surface area contributed by atoms with Gasteiger partial charge in [0.25, 0.3) is 0 Å². The third-order valence-corrected chi connectivity index (χ3v) is 3.56. The highest BCUT2D eigenvalue weighted by atomic mass is 35.5. The van der Waals surface area contributed by atoms with Gasteiger partial charge in [0.15, 0.2) is 0 Å². The van der Waals surface area contributed by atoms with Crippen LogP contribution in [0.4, 0.5) is 13.2 Å². The molecule has 23 heavy (non-hydrogen) atoms. The van der Waals surface area contributed by atoms with Gasteiger partial charge < -0.3 is 0 Å². The molecule has 118 valence electrons. The zero-order valence-electron chi connectivity index (χ0n) is 11.8. The lowest BCUT2D eigenvalue weighted by molar-refractivity contribution is -0.137. The summed E-state index contributed by atoms with van der Waals surface area (Å²) in [5.41, 5.74) is 1.42. The van der Waals surface area contributed by atoms with E-state index in [9.17, 15) is 13.2 Å². The minimum absolute atomic E-state index is 0.505. The fourth-order valence-corrected chi connectivity index (χ4v) is 2.24. The number of alkyl halides is 3. The Morgan fingerprint density at radius 1 is 0.957 bits per heavy atom. The van der Waals surface area contributed by atoms with Crippen LogP contribution < -0.4 is 0 Å². The predicted molar refractivity (Wildman–Crippen MR) is 81.0 cm³/mol. The SMILES string of the molecule is FC(F)(F)c1ccc(-c2cn(Cc3ccc(Cl)cc3)nn2)cc1. The quantitative estimate of drug-likeness (QED) is 0.695. The lowest BCUT2D eigenvalue weighted by Gasteiger charge is -2.06. The van der Waals surface area contributed by atoms with Crippen LogP contribution in [0, 0.1) is 0 Å². The van der Waals surface area contributed by atoms with E-state index in [-0.39, 0.29) is 0 Å². The molecule has 0 bridgehead atoms. The van der Waals surface area contributed by atoms with Crippen molar-refractivity contribution in [1.82, 2.24) is 15.0 Å². The topological polar surface area (TPSA) is 30.7 Å². The number of nitrogens with zero attached hydrogens (tertiary/aromatic N) is 3. The van der Waals surface area contributed by atoms with E-state index in [0.29, 0.717) is 22.8 Å². The fourth-order valence-electron chi connectivity index (χ4n) is 2.11. The Kier molecular flexibility index (Phi) is 4.09.